The van der Waals surface area contributed by atoms with E-state index in [4.69, 9.17) is 9.47 Å². The second kappa shape index (κ2) is 9.19. The van der Waals surface area contributed by atoms with Crippen LogP contribution in [0.2, 0.25) is 0 Å². The fraction of sp³-hybridized carbons (Fsp3) is 0.423. The lowest BCUT2D eigenvalue weighted by Crippen LogP contribution is -2.53. The Bertz CT molecular complexity index is 1080. The van der Waals surface area contributed by atoms with Gasteiger partial charge in [0.25, 0.3) is 11.8 Å². The van der Waals surface area contributed by atoms with E-state index in [1.54, 1.807) is 28.0 Å². The van der Waals surface area contributed by atoms with Crippen LogP contribution in [0.3, 0.4) is 0 Å². The number of ether oxygens (including phenoxy) is 2. The standard InChI is InChI=1S/C26H28N2O6/c29-23(14-18-16-33-17-18)34-22-3-1-2-21(15-22)19-4-6-20(7-5-19)24(30)27-10-12-28(13-11-27)25(31)26(32)8-9-26/h1-7,15,18,32H,8-14,16-17H2. The average molecular weight is 465 g/mol. The number of piperazine rings is 1. The zero-order chi connectivity index (χ0) is 23.7. The lowest BCUT2D eigenvalue weighted by atomic mass is 10.0. The first-order valence-electron chi connectivity index (χ1n) is 11.7. The molecule has 1 aliphatic carbocycles. The van der Waals surface area contributed by atoms with E-state index in [-0.39, 0.29) is 23.7 Å². The van der Waals surface area contributed by atoms with Gasteiger partial charge in [0.05, 0.1) is 19.6 Å². The molecule has 2 saturated heterocycles. The third-order valence-corrected chi connectivity index (χ3v) is 6.67. The molecule has 3 fully saturated rings. The van der Waals surface area contributed by atoms with Crippen molar-refractivity contribution < 1.29 is 29.0 Å². The van der Waals surface area contributed by atoms with Crippen LogP contribution in [0.1, 0.15) is 29.6 Å². The molecule has 0 atom stereocenters. The van der Waals surface area contributed by atoms with Crippen LogP contribution in [0, 0.1) is 5.92 Å². The topological polar surface area (TPSA) is 96.4 Å². The van der Waals surface area contributed by atoms with E-state index in [9.17, 15) is 19.5 Å². The molecule has 5 rings (SSSR count). The summed E-state index contributed by atoms with van der Waals surface area (Å²) in [6, 6.07) is 14.7. The summed E-state index contributed by atoms with van der Waals surface area (Å²) in [4.78, 5) is 40.7. The molecule has 178 valence electrons. The van der Waals surface area contributed by atoms with Crippen molar-refractivity contribution in [1.29, 1.82) is 0 Å². The predicted molar refractivity (Wildman–Crippen MR) is 123 cm³/mol. The van der Waals surface area contributed by atoms with Crippen LogP contribution in [0.5, 0.6) is 5.75 Å². The fourth-order valence-electron chi connectivity index (χ4n) is 4.28. The molecule has 0 unspecified atom stereocenters. The molecule has 0 radical (unpaired) electrons. The number of carbonyl (C=O) groups excluding carboxylic acids is 3. The van der Waals surface area contributed by atoms with Gasteiger partial charge in [-0.3, -0.25) is 14.4 Å². The number of esters is 1. The molecule has 8 nitrogen and oxygen atoms in total. The van der Waals surface area contributed by atoms with E-state index in [0.717, 1.165) is 11.1 Å². The maximum absolute atomic E-state index is 12.9. The molecule has 2 amide bonds. The van der Waals surface area contributed by atoms with Gasteiger partial charge in [-0.25, -0.2) is 0 Å². The Balaban J connectivity index is 1.18. The number of carbonyl (C=O) groups is 3. The van der Waals surface area contributed by atoms with Crippen molar-refractivity contribution in [2.45, 2.75) is 24.9 Å². The second-order valence-electron chi connectivity index (χ2n) is 9.30. The minimum Gasteiger partial charge on any atom is -0.426 e. The first kappa shape index (κ1) is 22.6. The molecule has 2 heterocycles. The van der Waals surface area contributed by atoms with E-state index in [1.165, 1.54) is 0 Å². The minimum absolute atomic E-state index is 0.0774. The van der Waals surface area contributed by atoms with Crippen molar-refractivity contribution in [2.24, 2.45) is 5.92 Å². The van der Waals surface area contributed by atoms with Gasteiger partial charge in [0.1, 0.15) is 11.4 Å². The lowest BCUT2D eigenvalue weighted by Gasteiger charge is -2.35. The molecule has 3 aliphatic rings. The van der Waals surface area contributed by atoms with Gasteiger partial charge in [-0.15, -0.1) is 0 Å². The zero-order valence-corrected chi connectivity index (χ0v) is 18.9. The Morgan fingerprint density at radius 3 is 2.24 bits per heavy atom. The minimum atomic E-state index is -1.16. The normalized spacial score (nSPS) is 19.3. The molecular formula is C26H28N2O6. The molecule has 1 N–H and O–H groups in total. The number of amides is 2. The molecule has 0 bridgehead atoms. The van der Waals surface area contributed by atoms with E-state index >= 15 is 0 Å². The summed E-state index contributed by atoms with van der Waals surface area (Å²) in [5.74, 6) is 0.180. The van der Waals surface area contributed by atoms with Gasteiger partial charge >= 0.3 is 5.97 Å². The van der Waals surface area contributed by atoms with Gasteiger partial charge in [0.15, 0.2) is 0 Å². The van der Waals surface area contributed by atoms with Gasteiger partial charge in [0, 0.05) is 37.7 Å². The summed E-state index contributed by atoms with van der Waals surface area (Å²) >= 11 is 0. The summed E-state index contributed by atoms with van der Waals surface area (Å²) in [6.07, 6.45) is 1.40. The van der Waals surface area contributed by atoms with Crippen LogP contribution in [0.4, 0.5) is 0 Å². The summed E-state index contributed by atoms with van der Waals surface area (Å²) in [6.45, 7) is 2.98. The Kier molecular flexibility index (Phi) is 6.10. The molecular weight excluding hydrogens is 436 g/mol. The lowest BCUT2D eigenvalue weighted by molar-refractivity contribution is -0.144. The largest absolute Gasteiger partial charge is 0.426 e. The first-order chi connectivity index (χ1) is 16.4. The Morgan fingerprint density at radius 2 is 1.62 bits per heavy atom. The van der Waals surface area contributed by atoms with Crippen molar-refractivity contribution >= 4 is 17.8 Å². The number of rotatable bonds is 6. The highest BCUT2D eigenvalue weighted by Crippen LogP contribution is 2.37. The molecule has 2 aliphatic heterocycles. The van der Waals surface area contributed by atoms with Crippen LogP contribution in [-0.2, 0) is 14.3 Å². The van der Waals surface area contributed by atoms with E-state index < -0.39 is 5.60 Å². The Labute approximate surface area is 198 Å². The highest BCUT2D eigenvalue weighted by atomic mass is 16.5. The summed E-state index contributed by atoms with van der Waals surface area (Å²) in [7, 11) is 0. The summed E-state index contributed by atoms with van der Waals surface area (Å²) in [5, 5.41) is 10.0. The Morgan fingerprint density at radius 1 is 0.941 bits per heavy atom. The number of nitrogens with zero attached hydrogens (tertiary/aromatic N) is 2. The maximum Gasteiger partial charge on any atom is 0.311 e. The molecule has 2 aromatic rings. The molecule has 1 saturated carbocycles. The number of hydrogen-bond donors (Lipinski definition) is 1. The van der Waals surface area contributed by atoms with Crippen LogP contribution in [0.15, 0.2) is 48.5 Å². The van der Waals surface area contributed by atoms with Gasteiger partial charge in [-0.05, 0) is 48.2 Å². The molecule has 2 aromatic carbocycles. The fourth-order valence-corrected chi connectivity index (χ4v) is 4.28. The summed E-state index contributed by atoms with van der Waals surface area (Å²) in [5.41, 5.74) is 1.22. The number of benzene rings is 2. The molecule has 0 spiro atoms. The van der Waals surface area contributed by atoms with Crippen LogP contribution >= 0.6 is 0 Å². The monoisotopic (exact) mass is 464 g/mol. The molecule has 8 heteroatoms. The van der Waals surface area contributed by atoms with Gasteiger partial charge in [-0.2, -0.15) is 0 Å². The SMILES string of the molecule is O=C(CC1COC1)Oc1cccc(-c2ccc(C(=O)N3CCN(C(=O)C4(O)CC4)CC3)cc2)c1. The van der Waals surface area contributed by atoms with Crippen molar-refractivity contribution in [1.82, 2.24) is 9.80 Å². The second-order valence-corrected chi connectivity index (χ2v) is 9.30. The van der Waals surface area contributed by atoms with Gasteiger partial charge in [0.2, 0.25) is 0 Å². The highest BCUT2D eigenvalue weighted by molar-refractivity contribution is 5.95. The predicted octanol–water partition coefficient (Wildman–Crippen LogP) is 2.10. The maximum atomic E-state index is 12.9. The molecule has 34 heavy (non-hydrogen) atoms. The van der Waals surface area contributed by atoms with Crippen LogP contribution < -0.4 is 4.74 Å². The number of hydrogen-bond acceptors (Lipinski definition) is 6. The highest BCUT2D eigenvalue weighted by Gasteiger charge is 2.50. The number of aliphatic hydroxyl groups is 1. The zero-order valence-electron chi connectivity index (χ0n) is 18.9. The van der Waals surface area contributed by atoms with Gasteiger partial charge < -0.3 is 24.4 Å². The van der Waals surface area contributed by atoms with Crippen LogP contribution in [0.25, 0.3) is 11.1 Å². The van der Waals surface area contributed by atoms with E-state index in [1.807, 2.05) is 30.3 Å². The van der Waals surface area contributed by atoms with Crippen molar-refractivity contribution in [2.75, 3.05) is 39.4 Å². The third-order valence-electron chi connectivity index (χ3n) is 6.67. The van der Waals surface area contributed by atoms with E-state index in [0.29, 0.717) is 70.0 Å². The quantitative estimate of drug-likeness (QED) is 0.520. The first-order valence-corrected chi connectivity index (χ1v) is 11.7. The van der Waals surface area contributed by atoms with Crippen molar-refractivity contribution in [3.05, 3.63) is 54.1 Å². The van der Waals surface area contributed by atoms with Gasteiger partial charge in [-0.1, -0.05) is 24.3 Å². The average Bonchev–Trinajstić information content (AvgIpc) is 3.59. The molecule has 0 aromatic heterocycles. The van der Waals surface area contributed by atoms with Crippen molar-refractivity contribution in [3.8, 4) is 16.9 Å². The third kappa shape index (κ3) is 4.83. The summed E-state index contributed by atoms with van der Waals surface area (Å²) < 4.78 is 10.6. The van der Waals surface area contributed by atoms with E-state index in [2.05, 4.69) is 0 Å². The van der Waals surface area contributed by atoms with Crippen LogP contribution in [-0.4, -0.2) is 77.7 Å². The Hall–Kier alpha value is -3.23. The smallest absolute Gasteiger partial charge is 0.311 e. The van der Waals surface area contributed by atoms with Crippen molar-refractivity contribution in [3.63, 3.8) is 0 Å².